The van der Waals surface area contributed by atoms with Crippen LogP contribution in [0.2, 0.25) is 0 Å². The number of carbonyl (C=O) groups is 1. The van der Waals surface area contributed by atoms with Crippen LogP contribution >= 0.6 is 0 Å². The zero-order chi connectivity index (χ0) is 20.5. The van der Waals surface area contributed by atoms with Crippen molar-refractivity contribution in [2.75, 3.05) is 0 Å². The molecule has 0 spiro atoms. The number of rotatable bonds is 5. The van der Waals surface area contributed by atoms with Gasteiger partial charge in [0.05, 0.1) is 5.41 Å². The van der Waals surface area contributed by atoms with Crippen LogP contribution in [0.4, 0.5) is 0 Å². The average Bonchev–Trinajstić information content (AvgIpc) is 2.43. The average molecular weight is 367 g/mol. The lowest BCUT2D eigenvalue weighted by molar-refractivity contribution is -0.170. The molecule has 0 bridgehead atoms. The molecule has 154 valence electrons. The summed E-state index contributed by atoms with van der Waals surface area (Å²) in [6.45, 7) is 24.8. The third-order valence-electron chi connectivity index (χ3n) is 6.96. The van der Waals surface area contributed by atoms with E-state index in [9.17, 15) is 4.79 Å². The molecule has 0 radical (unpaired) electrons. The SMILES string of the molecule is CC(C)CC(C)(C(=O)OC1CC(C(C)(C)C)CC(C(C)(C)C)C1)C(C)C. The van der Waals surface area contributed by atoms with Gasteiger partial charge >= 0.3 is 5.97 Å². The first-order chi connectivity index (χ1) is 11.6. The lowest BCUT2D eigenvalue weighted by Crippen LogP contribution is -2.43. The monoisotopic (exact) mass is 366 g/mol. The smallest absolute Gasteiger partial charge is 0.312 e. The summed E-state index contributed by atoms with van der Waals surface area (Å²) in [6, 6.07) is 0. The molecule has 0 aromatic carbocycles. The summed E-state index contributed by atoms with van der Waals surface area (Å²) in [5.74, 6) is 2.01. The van der Waals surface area contributed by atoms with Gasteiger partial charge in [0.25, 0.3) is 0 Å². The van der Waals surface area contributed by atoms with Crippen molar-refractivity contribution in [2.24, 2.45) is 39.9 Å². The normalized spacial score (nSPS) is 27.5. The van der Waals surface area contributed by atoms with E-state index in [1.54, 1.807) is 0 Å². The maximum absolute atomic E-state index is 13.2. The minimum Gasteiger partial charge on any atom is -0.462 e. The fraction of sp³-hybridized carbons (Fsp3) is 0.958. The van der Waals surface area contributed by atoms with E-state index in [0.29, 0.717) is 17.8 Å². The van der Waals surface area contributed by atoms with Crippen molar-refractivity contribution in [2.45, 2.75) is 108 Å². The molecule has 2 heteroatoms. The summed E-state index contributed by atoms with van der Waals surface area (Å²) in [7, 11) is 0. The Labute approximate surface area is 163 Å². The second-order valence-electron chi connectivity index (χ2n) is 12.0. The molecule has 0 amide bonds. The zero-order valence-electron chi connectivity index (χ0n) is 19.5. The predicted octanol–water partition coefficient (Wildman–Crippen LogP) is 7.12. The molecular weight excluding hydrogens is 320 g/mol. The topological polar surface area (TPSA) is 26.3 Å². The maximum atomic E-state index is 13.2. The van der Waals surface area contributed by atoms with Crippen molar-refractivity contribution in [3.05, 3.63) is 0 Å². The van der Waals surface area contributed by atoms with E-state index in [1.165, 1.54) is 6.42 Å². The van der Waals surface area contributed by atoms with Gasteiger partial charge in [-0.25, -0.2) is 0 Å². The summed E-state index contributed by atoms with van der Waals surface area (Å²) in [5, 5.41) is 0. The highest BCUT2D eigenvalue weighted by Crippen LogP contribution is 2.47. The van der Waals surface area contributed by atoms with Crippen LogP contribution in [0.15, 0.2) is 0 Å². The molecule has 0 heterocycles. The van der Waals surface area contributed by atoms with Crippen molar-refractivity contribution < 1.29 is 9.53 Å². The first-order valence-electron chi connectivity index (χ1n) is 10.8. The Morgan fingerprint density at radius 1 is 0.846 bits per heavy atom. The first-order valence-corrected chi connectivity index (χ1v) is 10.8. The Morgan fingerprint density at radius 3 is 1.58 bits per heavy atom. The maximum Gasteiger partial charge on any atom is 0.312 e. The van der Waals surface area contributed by atoms with Crippen molar-refractivity contribution in [3.63, 3.8) is 0 Å². The van der Waals surface area contributed by atoms with E-state index in [4.69, 9.17) is 4.74 Å². The molecule has 1 fully saturated rings. The predicted molar refractivity (Wildman–Crippen MR) is 112 cm³/mol. The van der Waals surface area contributed by atoms with Gasteiger partial charge in [-0.15, -0.1) is 0 Å². The van der Waals surface area contributed by atoms with E-state index >= 15 is 0 Å². The Kier molecular flexibility index (Phi) is 7.44. The third-order valence-corrected chi connectivity index (χ3v) is 6.96. The van der Waals surface area contributed by atoms with Crippen LogP contribution in [0.3, 0.4) is 0 Å². The minimum atomic E-state index is -0.389. The molecule has 3 atom stereocenters. The van der Waals surface area contributed by atoms with Gasteiger partial charge < -0.3 is 4.74 Å². The highest BCUT2D eigenvalue weighted by atomic mass is 16.5. The molecule has 1 saturated carbocycles. The van der Waals surface area contributed by atoms with E-state index in [2.05, 4.69) is 76.2 Å². The van der Waals surface area contributed by atoms with Gasteiger partial charge in [0.2, 0.25) is 0 Å². The van der Waals surface area contributed by atoms with Crippen LogP contribution in [-0.4, -0.2) is 12.1 Å². The van der Waals surface area contributed by atoms with E-state index in [-0.39, 0.29) is 34.2 Å². The molecular formula is C24H46O2. The third kappa shape index (κ3) is 5.99. The lowest BCUT2D eigenvalue weighted by Gasteiger charge is -2.46. The van der Waals surface area contributed by atoms with Gasteiger partial charge in [-0.1, -0.05) is 69.2 Å². The molecule has 0 aliphatic heterocycles. The van der Waals surface area contributed by atoms with Crippen LogP contribution in [0.25, 0.3) is 0 Å². The van der Waals surface area contributed by atoms with E-state index in [0.717, 1.165) is 19.3 Å². The van der Waals surface area contributed by atoms with E-state index < -0.39 is 0 Å². The molecule has 2 nitrogen and oxygen atoms in total. The Hall–Kier alpha value is -0.530. The fourth-order valence-corrected chi connectivity index (χ4v) is 4.47. The summed E-state index contributed by atoms with van der Waals surface area (Å²) < 4.78 is 6.23. The molecule has 26 heavy (non-hydrogen) atoms. The Balaban J connectivity index is 2.99. The van der Waals surface area contributed by atoms with E-state index in [1.807, 2.05) is 0 Å². The quantitative estimate of drug-likeness (QED) is 0.484. The first kappa shape index (κ1) is 23.5. The lowest BCUT2D eigenvalue weighted by atomic mass is 9.62. The summed E-state index contributed by atoms with van der Waals surface area (Å²) in [4.78, 5) is 13.2. The standard InChI is InChI=1S/C24H46O2/c1-16(2)15-24(11,17(3)4)21(25)26-20-13-18(22(5,6)7)12-19(14-20)23(8,9)10/h16-20H,12-15H2,1-11H3. The highest BCUT2D eigenvalue weighted by Gasteiger charge is 2.44. The number of ether oxygens (including phenoxy) is 1. The molecule has 0 saturated heterocycles. The molecule has 1 aliphatic rings. The minimum absolute atomic E-state index is 0.0217. The second kappa shape index (κ2) is 8.23. The van der Waals surface area contributed by atoms with Crippen LogP contribution in [0, 0.1) is 39.9 Å². The molecule has 1 aliphatic carbocycles. The summed E-state index contributed by atoms with van der Waals surface area (Å²) in [5.41, 5.74) is 0.127. The van der Waals surface area contributed by atoms with Gasteiger partial charge in [-0.2, -0.15) is 0 Å². The Bertz CT molecular complexity index is 442. The number of hydrogen-bond donors (Lipinski definition) is 0. The van der Waals surface area contributed by atoms with Crippen molar-refractivity contribution in [3.8, 4) is 0 Å². The van der Waals surface area contributed by atoms with Crippen molar-refractivity contribution >= 4 is 5.97 Å². The van der Waals surface area contributed by atoms with Crippen molar-refractivity contribution in [1.29, 1.82) is 0 Å². The van der Waals surface area contributed by atoms with Crippen molar-refractivity contribution in [1.82, 2.24) is 0 Å². The summed E-state index contributed by atoms with van der Waals surface area (Å²) in [6.07, 6.45) is 4.22. The fourth-order valence-electron chi connectivity index (χ4n) is 4.47. The number of hydrogen-bond acceptors (Lipinski definition) is 2. The van der Waals surface area contributed by atoms with Gasteiger partial charge in [0.1, 0.15) is 6.10 Å². The van der Waals surface area contributed by atoms with Crippen LogP contribution in [0.5, 0.6) is 0 Å². The zero-order valence-corrected chi connectivity index (χ0v) is 19.5. The van der Waals surface area contributed by atoms with Crippen LogP contribution < -0.4 is 0 Å². The molecule has 0 aromatic rings. The molecule has 3 unspecified atom stereocenters. The van der Waals surface area contributed by atoms with Crippen LogP contribution in [-0.2, 0) is 9.53 Å². The van der Waals surface area contributed by atoms with Gasteiger partial charge in [0, 0.05) is 0 Å². The van der Waals surface area contributed by atoms with Gasteiger partial charge in [-0.05, 0) is 67.1 Å². The summed E-state index contributed by atoms with van der Waals surface area (Å²) >= 11 is 0. The largest absolute Gasteiger partial charge is 0.462 e. The second-order valence-corrected chi connectivity index (χ2v) is 12.0. The molecule has 0 N–H and O–H groups in total. The molecule has 1 rings (SSSR count). The van der Waals surface area contributed by atoms with Gasteiger partial charge in [0.15, 0.2) is 0 Å². The van der Waals surface area contributed by atoms with Gasteiger partial charge in [-0.3, -0.25) is 4.79 Å². The number of carbonyl (C=O) groups excluding carboxylic acids is 1. The number of esters is 1. The molecule has 0 aromatic heterocycles. The van der Waals surface area contributed by atoms with Crippen LogP contribution in [0.1, 0.15) is 102 Å². The highest BCUT2D eigenvalue weighted by molar-refractivity contribution is 5.77. The Morgan fingerprint density at radius 2 is 1.27 bits per heavy atom.